The molecule has 1 N–H and O–H groups in total. The van der Waals surface area contributed by atoms with Crippen LogP contribution in [-0.4, -0.2) is 35.8 Å². The molecule has 0 aromatic heterocycles. The van der Waals surface area contributed by atoms with Gasteiger partial charge in [0, 0.05) is 19.0 Å². The van der Waals surface area contributed by atoms with E-state index in [2.05, 4.69) is 35.6 Å². The number of nitrogens with zero attached hydrogens (tertiary/aromatic N) is 1. The molecule has 4 heteroatoms. The molecule has 1 saturated heterocycles. The van der Waals surface area contributed by atoms with Gasteiger partial charge in [0.15, 0.2) is 0 Å². The topological polar surface area (TPSA) is 49.4 Å². The highest BCUT2D eigenvalue weighted by molar-refractivity contribution is 5.88. The van der Waals surface area contributed by atoms with Gasteiger partial charge in [-0.3, -0.25) is 9.59 Å². The van der Waals surface area contributed by atoms with Crippen molar-refractivity contribution in [2.75, 3.05) is 13.1 Å². The largest absolute Gasteiger partial charge is 0.344 e. The van der Waals surface area contributed by atoms with Crippen molar-refractivity contribution in [3.8, 4) is 0 Å². The zero-order valence-corrected chi connectivity index (χ0v) is 16.0. The predicted octanol–water partition coefficient (Wildman–Crippen LogP) is 3.55. The van der Waals surface area contributed by atoms with E-state index in [1.165, 1.54) is 12.0 Å². The summed E-state index contributed by atoms with van der Waals surface area (Å²) in [4.78, 5) is 26.8. The normalized spacial score (nSPS) is 20.1. The lowest BCUT2D eigenvalue weighted by atomic mass is 9.90. The molecule has 1 aliphatic carbocycles. The molecule has 0 spiro atoms. The molecule has 3 rings (SSSR count). The SMILES string of the molecule is CC(NC(=O)C1CCCC1)C(=O)N1CCC(CCc2ccccc2)CC1. The van der Waals surface area contributed by atoms with Gasteiger partial charge in [-0.05, 0) is 56.9 Å². The van der Waals surface area contributed by atoms with E-state index < -0.39 is 6.04 Å². The first kappa shape index (κ1) is 18.9. The Balaban J connectivity index is 1.39. The fourth-order valence-electron chi connectivity index (χ4n) is 4.31. The van der Waals surface area contributed by atoms with Gasteiger partial charge in [-0.15, -0.1) is 0 Å². The van der Waals surface area contributed by atoms with E-state index in [1.54, 1.807) is 0 Å². The van der Waals surface area contributed by atoms with Crippen LogP contribution in [0.4, 0.5) is 0 Å². The van der Waals surface area contributed by atoms with Crippen molar-refractivity contribution in [1.82, 2.24) is 10.2 Å². The third-order valence-electron chi connectivity index (χ3n) is 6.07. The van der Waals surface area contributed by atoms with Crippen molar-refractivity contribution in [2.24, 2.45) is 11.8 Å². The van der Waals surface area contributed by atoms with E-state index in [1.807, 2.05) is 11.8 Å². The second kappa shape index (κ2) is 9.20. The lowest BCUT2D eigenvalue weighted by molar-refractivity contribution is -0.138. The number of hydrogen-bond acceptors (Lipinski definition) is 2. The summed E-state index contributed by atoms with van der Waals surface area (Å²) >= 11 is 0. The van der Waals surface area contributed by atoms with Crippen LogP contribution < -0.4 is 5.32 Å². The number of piperidine rings is 1. The molecular formula is C22H32N2O2. The van der Waals surface area contributed by atoms with Crippen molar-refractivity contribution < 1.29 is 9.59 Å². The molecule has 0 bridgehead atoms. The number of carbonyl (C=O) groups excluding carboxylic acids is 2. The van der Waals surface area contributed by atoms with Gasteiger partial charge in [-0.25, -0.2) is 0 Å². The number of likely N-dealkylation sites (tertiary alicyclic amines) is 1. The van der Waals surface area contributed by atoms with Crippen molar-refractivity contribution in [3.63, 3.8) is 0 Å². The molecule has 1 aromatic rings. The average molecular weight is 357 g/mol. The Bertz CT molecular complexity index is 587. The van der Waals surface area contributed by atoms with Crippen molar-refractivity contribution >= 4 is 11.8 Å². The number of aryl methyl sites for hydroxylation is 1. The first-order valence-electron chi connectivity index (χ1n) is 10.3. The molecule has 142 valence electrons. The van der Waals surface area contributed by atoms with E-state index in [0.29, 0.717) is 5.92 Å². The number of carbonyl (C=O) groups is 2. The zero-order valence-electron chi connectivity index (χ0n) is 16.0. The van der Waals surface area contributed by atoms with Gasteiger partial charge >= 0.3 is 0 Å². The Morgan fingerprint density at radius 1 is 1.08 bits per heavy atom. The molecule has 2 fully saturated rings. The van der Waals surface area contributed by atoms with E-state index in [0.717, 1.165) is 58.0 Å². The van der Waals surface area contributed by atoms with Gasteiger partial charge in [0.1, 0.15) is 6.04 Å². The summed E-state index contributed by atoms with van der Waals surface area (Å²) in [6.45, 7) is 3.47. The fraction of sp³-hybridized carbons (Fsp3) is 0.636. The quantitative estimate of drug-likeness (QED) is 0.847. The molecule has 0 radical (unpaired) electrons. The van der Waals surface area contributed by atoms with Crippen molar-refractivity contribution in [2.45, 2.75) is 64.3 Å². The Kier molecular flexibility index (Phi) is 6.70. The lowest BCUT2D eigenvalue weighted by Crippen LogP contribution is -2.50. The van der Waals surface area contributed by atoms with Crippen LogP contribution in [0.25, 0.3) is 0 Å². The van der Waals surface area contributed by atoms with Gasteiger partial charge in [0.25, 0.3) is 0 Å². The summed E-state index contributed by atoms with van der Waals surface area (Å²) in [6, 6.07) is 10.2. The molecule has 1 heterocycles. The minimum atomic E-state index is -0.399. The smallest absolute Gasteiger partial charge is 0.244 e. The van der Waals surface area contributed by atoms with E-state index >= 15 is 0 Å². The molecule has 2 aliphatic rings. The molecule has 1 aromatic carbocycles. The second-order valence-corrected chi connectivity index (χ2v) is 8.00. The van der Waals surface area contributed by atoms with Crippen LogP contribution in [0.3, 0.4) is 0 Å². The number of rotatable bonds is 6. The summed E-state index contributed by atoms with van der Waals surface area (Å²) in [5.41, 5.74) is 1.40. The summed E-state index contributed by atoms with van der Waals surface area (Å²) in [5, 5.41) is 2.95. The molecule has 1 unspecified atom stereocenters. The molecular weight excluding hydrogens is 324 g/mol. The van der Waals surface area contributed by atoms with Crippen molar-refractivity contribution in [1.29, 1.82) is 0 Å². The van der Waals surface area contributed by atoms with Crippen LogP contribution in [0.5, 0.6) is 0 Å². The number of hydrogen-bond donors (Lipinski definition) is 1. The maximum atomic E-state index is 12.6. The minimum absolute atomic E-state index is 0.0705. The predicted molar refractivity (Wildman–Crippen MR) is 104 cm³/mol. The Morgan fingerprint density at radius 2 is 1.73 bits per heavy atom. The fourth-order valence-corrected chi connectivity index (χ4v) is 4.31. The van der Waals surface area contributed by atoms with Crippen LogP contribution in [-0.2, 0) is 16.0 Å². The third kappa shape index (κ3) is 5.09. The van der Waals surface area contributed by atoms with Gasteiger partial charge < -0.3 is 10.2 Å². The monoisotopic (exact) mass is 356 g/mol. The van der Waals surface area contributed by atoms with E-state index in [-0.39, 0.29) is 17.7 Å². The third-order valence-corrected chi connectivity index (χ3v) is 6.07. The van der Waals surface area contributed by atoms with Crippen LogP contribution in [0.1, 0.15) is 57.4 Å². The summed E-state index contributed by atoms with van der Waals surface area (Å²) in [5.74, 6) is 0.968. The summed E-state index contributed by atoms with van der Waals surface area (Å²) < 4.78 is 0. The Morgan fingerprint density at radius 3 is 2.38 bits per heavy atom. The molecule has 1 atom stereocenters. The standard InChI is InChI=1S/C22H32N2O2/c1-17(23-21(25)20-9-5-6-10-20)22(26)24-15-13-19(14-16-24)12-11-18-7-3-2-4-8-18/h2-4,7-8,17,19-20H,5-6,9-16H2,1H3,(H,23,25). The first-order chi connectivity index (χ1) is 12.6. The van der Waals surface area contributed by atoms with Gasteiger partial charge in [-0.2, -0.15) is 0 Å². The zero-order chi connectivity index (χ0) is 18.4. The highest BCUT2D eigenvalue weighted by atomic mass is 16.2. The second-order valence-electron chi connectivity index (χ2n) is 8.00. The van der Waals surface area contributed by atoms with Crippen LogP contribution in [0.15, 0.2) is 30.3 Å². The number of amides is 2. The summed E-state index contributed by atoms with van der Waals surface area (Å²) in [6.07, 6.45) is 8.67. The highest BCUT2D eigenvalue weighted by Crippen LogP contribution is 2.25. The van der Waals surface area contributed by atoms with Crippen LogP contribution in [0, 0.1) is 11.8 Å². The maximum Gasteiger partial charge on any atom is 0.244 e. The number of benzene rings is 1. The molecule has 2 amide bonds. The van der Waals surface area contributed by atoms with E-state index in [9.17, 15) is 9.59 Å². The Hall–Kier alpha value is -1.84. The average Bonchev–Trinajstić information content (AvgIpc) is 3.22. The van der Waals surface area contributed by atoms with Crippen LogP contribution >= 0.6 is 0 Å². The maximum absolute atomic E-state index is 12.6. The molecule has 26 heavy (non-hydrogen) atoms. The van der Waals surface area contributed by atoms with Crippen LogP contribution in [0.2, 0.25) is 0 Å². The lowest BCUT2D eigenvalue weighted by Gasteiger charge is -2.34. The van der Waals surface area contributed by atoms with Gasteiger partial charge in [-0.1, -0.05) is 43.2 Å². The van der Waals surface area contributed by atoms with E-state index in [4.69, 9.17) is 0 Å². The highest BCUT2D eigenvalue weighted by Gasteiger charge is 2.29. The Labute approximate surface area is 157 Å². The number of nitrogens with one attached hydrogen (secondary N) is 1. The van der Waals surface area contributed by atoms with Gasteiger partial charge in [0.2, 0.25) is 11.8 Å². The van der Waals surface area contributed by atoms with Gasteiger partial charge in [0.05, 0.1) is 0 Å². The van der Waals surface area contributed by atoms with Crippen molar-refractivity contribution in [3.05, 3.63) is 35.9 Å². The first-order valence-corrected chi connectivity index (χ1v) is 10.3. The molecule has 4 nitrogen and oxygen atoms in total. The molecule has 1 saturated carbocycles. The summed E-state index contributed by atoms with van der Waals surface area (Å²) in [7, 11) is 0. The molecule has 1 aliphatic heterocycles. The minimum Gasteiger partial charge on any atom is -0.344 e.